The molecule has 0 atom stereocenters. The molecule has 0 aliphatic heterocycles. The summed E-state index contributed by atoms with van der Waals surface area (Å²) < 4.78 is 73.0. The van der Waals surface area contributed by atoms with Gasteiger partial charge >= 0.3 is 6.18 Å². The zero-order chi connectivity index (χ0) is 24.0. The smallest absolute Gasteiger partial charge is 0.416 e. The van der Waals surface area contributed by atoms with Gasteiger partial charge in [-0.15, -0.1) is 0 Å². The lowest BCUT2D eigenvalue weighted by Crippen LogP contribution is -2.14. The average molecular weight is 533 g/mol. The second-order valence-electron chi connectivity index (χ2n) is 6.98. The number of nitrogens with one attached hydrogen (secondary N) is 1. The first-order valence-corrected chi connectivity index (χ1v) is 12.2. The van der Waals surface area contributed by atoms with Crippen molar-refractivity contribution in [3.8, 4) is 10.9 Å². The number of ether oxygens (including phenoxy) is 1. The Kier molecular flexibility index (Phi) is 6.21. The predicted octanol–water partition coefficient (Wildman–Crippen LogP) is 7.52. The number of halogens is 5. The van der Waals surface area contributed by atoms with Gasteiger partial charge in [0.05, 0.1) is 26.5 Å². The Morgan fingerprint density at radius 2 is 1.79 bits per heavy atom. The SMILES string of the molecule is Cc1ccc2nc(Oc3cc(Cl)cc(NS(=O)(=O)c4ccc(C(F)(F)F)cc4Cl)c3)sc2c1. The van der Waals surface area contributed by atoms with Gasteiger partial charge < -0.3 is 4.74 Å². The second-order valence-corrected chi connectivity index (χ2v) is 10.5. The van der Waals surface area contributed by atoms with Crippen LogP contribution in [0.5, 0.6) is 10.9 Å². The van der Waals surface area contributed by atoms with Crippen LogP contribution in [-0.4, -0.2) is 13.4 Å². The molecule has 5 nitrogen and oxygen atoms in total. The summed E-state index contributed by atoms with van der Waals surface area (Å²) in [6.45, 7) is 1.96. The molecule has 1 heterocycles. The van der Waals surface area contributed by atoms with Gasteiger partial charge in [-0.25, -0.2) is 13.4 Å². The number of anilines is 1. The number of nitrogens with zero attached hydrogens (tertiary/aromatic N) is 1. The number of sulfonamides is 1. The Morgan fingerprint density at radius 1 is 1.03 bits per heavy atom. The van der Waals surface area contributed by atoms with E-state index in [2.05, 4.69) is 9.71 Å². The summed E-state index contributed by atoms with van der Waals surface area (Å²) in [5.41, 5.74) is 0.793. The molecule has 33 heavy (non-hydrogen) atoms. The molecule has 0 unspecified atom stereocenters. The third kappa shape index (κ3) is 5.35. The maximum absolute atomic E-state index is 12.8. The number of rotatable bonds is 5. The van der Waals surface area contributed by atoms with Crippen LogP contribution in [0.3, 0.4) is 0 Å². The number of thiazole rings is 1. The Labute approximate surface area is 200 Å². The molecule has 0 radical (unpaired) electrons. The predicted molar refractivity (Wildman–Crippen MR) is 123 cm³/mol. The molecule has 0 saturated heterocycles. The molecular weight excluding hydrogens is 520 g/mol. The molecule has 0 bridgehead atoms. The Hall–Kier alpha value is -2.53. The van der Waals surface area contributed by atoms with E-state index in [-0.39, 0.29) is 16.5 Å². The highest BCUT2D eigenvalue weighted by Crippen LogP contribution is 2.36. The van der Waals surface area contributed by atoms with E-state index in [1.165, 1.54) is 29.5 Å². The number of hydrogen-bond donors (Lipinski definition) is 1. The summed E-state index contributed by atoms with van der Waals surface area (Å²) in [7, 11) is -4.31. The fourth-order valence-electron chi connectivity index (χ4n) is 2.94. The van der Waals surface area contributed by atoms with Crippen molar-refractivity contribution < 1.29 is 26.3 Å². The number of hydrogen-bond acceptors (Lipinski definition) is 5. The molecule has 12 heteroatoms. The highest BCUT2D eigenvalue weighted by atomic mass is 35.5. The molecule has 4 rings (SSSR count). The molecule has 0 fully saturated rings. The van der Waals surface area contributed by atoms with E-state index in [0.717, 1.165) is 21.8 Å². The van der Waals surface area contributed by atoms with Crippen molar-refractivity contribution in [2.75, 3.05) is 4.72 Å². The number of benzene rings is 3. The first-order chi connectivity index (χ1) is 15.4. The number of aryl methyl sites for hydroxylation is 1. The minimum atomic E-state index is -4.65. The Balaban J connectivity index is 1.61. The number of alkyl halides is 3. The lowest BCUT2D eigenvalue weighted by molar-refractivity contribution is -0.137. The molecule has 0 spiro atoms. The minimum Gasteiger partial charge on any atom is -0.431 e. The first kappa shape index (κ1) is 23.6. The van der Waals surface area contributed by atoms with Crippen molar-refractivity contribution in [3.63, 3.8) is 0 Å². The topological polar surface area (TPSA) is 68.3 Å². The van der Waals surface area contributed by atoms with Crippen LogP contribution in [0.2, 0.25) is 10.0 Å². The van der Waals surface area contributed by atoms with Crippen LogP contribution in [0.15, 0.2) is 59.5 Å². The maximum Gasteiger partial charge on any atom is 0.416 e. The summed E-state index contributed by atoms with van der Waals surface area (Å²) in [4.78, 5) is 3.86. The molecule has 0 aliphatic carbocycles. The zero-order valence-electron chi connectivity index (χ0n) is 16.6. The molecular formula is C21H13Cl2F3N2O3S2. The summed E-state index contributed by atoms with van der Waals surface area (Å²) in [6.07, 6.45) is -4.65. The van der Waals surface area contributed by atoms with Crippen LogP contribution in [0, 0.1) is 6.92 Å². The fourth-order valence-corrected chi connectivity index (χ4v) is 5.69. The summed E-state index contributed by atoms with van der Waals surface area (Å²) >= 11 is 13.2. The summed E-state index contributed by atoms with van der Waals surface area (Å²) in [6, 6.07) is 11.9. The first-order valence-electron chi connectivity index (χ1n) is 9.16. The summed E-state index contributed by atoms with van der Waals surface area (Å²) in [5.74, 6) is 0.217. The third-order valence-electron chi connectivity index (χ3n) is 4.40. The average Bonchev–Trinajstić information content (AvgIpc) is 3.07. The molecule has 3 aromatic carbocycles. The van der Waals surface area contributed by atoms with Gasteiger partial charge in [0.2, 0.25) is 0 Å². The minimum absolute atomic E-state index is 0.0328. The van der Waals surface area contributed by atoms with Gasteiger partial charge in [-0.2, -0.15) is 13.2 Å². The number of fused-ring (bicyclic) bond motifs is 1. The fraction of sp³-hybridized carbons (Fsp3) is 0.0952. The standard InChI is InChI=1S/C21H13Cl2F3N2O3S2/c1-11-2-4-17-18(6-11)32-20(27-17)31-15-9-13(22)8-14(10-15)28-33(29,30)19-5-3-12(7-16(19)23)21(24,25)26/h2-10,28H,1H3. The van der Waals surface area contributed by atoms with Crippen LogP contribution in [-0.2, 0) is 16.2 Å². The molecule has 1 N–H and O–H groups in total. The van der Waals surface area contributed by atoms with Gasteiger partial charge in [-0.1, -0.05) is 40.6 Å². The quantitative estimate of drug-likeness (QED) is 0.288. The molecule has 0 aliphatic rings. The van der Waals surface area contributed by atoms with Gasteiger partial charge in [0.15, 0.2) is 0 Å². The van der Waals surface area contributed by atoms with Crippen molar-refractivity contribution in [1.29, 1.82) is 0 Å². The van der Waals surface area contributed by atoms with Crippen LogP contribution < -0.4 is 9.46 Å². The Morgan fingerprint density at radius 3 is 2.48 bits per heavy atom. The van der Waals surface area contributed by atoms with Crippen molar-refractivity contribution in [2.45, 2.75) is 18.0 Å². The number of aromatic nitrogens is 1. The van der Waals surface area contributed by atoms with E-state index in [9.17, 15) is 21.6 Å². The van der Waals surface area contributed by atoms with Crippen molar-refractivity contribution in [1.82, 2.24) is 4.98 Å². The summed E-state index contributed by atoms with van der Waals surface area (Å²) in [5, 5.41) is -0.0706. The molecule has 1 aromatic heterocycles. The second kappa shape index (κ2) is 8.68. The zero-order valence-corrected chi connectivity index (χ0v) is 19.7. The van der Waals surface area contributed by atoms with Crippen LogP contribution in [0.25, 0.3) is 10.2 Å². The van der Waals surface area contributed by atoms with E-state index in [1.54, 1.807) is 0 Å². The van der Waals surface area contributed by atoms with Crippen molar-refractivity contribution >= 4 is 60.5 Å². The van der Waals surface area contributed by atoms with Crippen LogP contribution >= 0.6 is 34.5 Å². The molecule has 0 amide bonds. The van der Waals surface area contributed by atoms with E-state index in [0.29, 0.717) is 17.3 Å². The monoisotopic (exact) mass is 532 g/mol. The van der Waals surface area contributed by atoms with Crippen molar-refractivity contribution in [2.24, 2.45) is 0 Å². The lowest BCUT2D eigenvalue weighted by Gasteiger charge is -2.13. The van der Waals surface area contributed by atoms with E-state index >= 15 is 0 Å². The van der Waals surface area contributed by atoms with Gasteiger partial charge in [-0.05, 0) is 55.0 Å². The molecule has 4 aromatic rings. The maximum atomic E-state index is 12.8. The van der Waals surface area contributed by atoms with Gasteiger partial charge in [0, 0.05) is 11.1 Å². The van der Waals surface area contributed by atoms with Gasteiger partial charge in [-0.3, -0.25) is 4.72 Å². The molecule has 0 saturated carbocycles. The normalized spacial score (nSPS) is 12.2. The van der Waals surface area contributed by atoms with Crippen LogP contribution in [0.4, 0.5) is 18.9 Å². The highest BCUT2D eigenvalue weighted by molar-refractivity contribution is 7.92. The van der Waals surface area contributed by atoms with Crippen molar-refractivity contribution in [3.05, 3.63) is 75.8 Å². The van der Waals surface area contributed by atoms with E-state index in [4.69, 9.17) is 27.9 Å². The third-order valence-corrected chi connectivity index (χ3v) is 7.38. The lowest BCUT2D eigenvalue weighted by atomic mass is 10.2. The Bertz CT molecular complexity index is 1470. The molecule has 172 valence electrons. The largest absolute Gasteiger partial charge is 0.431 e. The van der Waals surface area contributed by atoms with E-state index < -0.39 is 31.7 Å². The van der Waals surface area contributed by atoms with E-state index in [1.807, 2.05) is 25.1 Å². The van der Waals surface area contributed by atoms with Gasteiger partial charge in [0.25, 0.3) is 15.2 Å². The van der Waals surface area contributed by atoms with Gasteiger partial charge in [0.1, 0.15) is 10.6 Å². The highest BCUT2D eigenvalue weighted by Gasteiger charge is 2.32. The van der Waals surface area contributed by atoms with Crippen LogP contribution in [0.1, 0.15) is 11.1 Å².